The van der Waals surface area contributed by atoms with E-state index in [1.54, 1.807) is 7.11 Å². The molecule has 0 aliphatic heterocycles. The number of hydrogen-bond acceptors (Lipinski definition) is 4. The van der Waals surface area contributed by atoms with Gasteiger partial charge in [0.25, 0.3) is 0 Å². The van der Waals surface area contributed by atoms with Crippen LogP contribution in [0.15, 0.2) is 24.3 Å². The van der Waals surface area contributed by atoms with Gasteiger partial charge < -0.3 is 19.9 Å². The van der Waals surface area contributed by atoms with Gasteiger partial charge in [-0.05, 0) is 43.7 Å². The zero-order chi connectivity index (χ0) is 15.1. The van der Waals surface area contributed by atoms with E-state index >= 15 is 0 Å². The molecule has 0 bridgehead atoms. The van der Waals surface area contributed by atoms with E-state index in [0.29, 0.717) is 19.3 Å². The second-order valence-corrected chi connectivity index (χ2v) is 5.95. The second-order valence-electron chi connectivity index (χ2n) is 5.95. The van der Waals surface area contributed by atoms with Crippen LogP contribution in [0.3, 0.4) is 0 Å². The van der Waals surface area contributed by atoms with Gasteiger partial charge in [0.15, 0.2) is 0 Å². The van der Waals surface area contributed by atoms with E-state index in [2.05, 4.69) is 12.2 Å². The fourth-order valence-corrected chi connectivity index (χ4v) is 2.72. The molecular formula is C17H27NO3. The van der Waals surface area contributed by atoms with E-state index in [1.807, 2.05) is 24.3 Å². The van der Waals surface area contributed by atoms with Gasteiger partial charge in [-0.2, -0.15) is 0 Å². The Morgan fingerprint density at radius 2 is 1.95 bits per heavy atom. The van der Waals surface area contributed by atoms with Gasteiger partial charge in [0, 0.05) is 6.54 Å². The third-order valence-corrected chi connectivity index (χ3v) is 4.12. The highest BCUT2D eigenvalue weighted by atomic mass is 16.5. The van der Waals surface area contributed by atoms with Crippen molar-refractivity contribution in [3.63, 3.8) is 0 Å². The van der Waals surface area contributed by atoms with Crippen LogP contribution >= 0.6 is 0 Å². The Labute approximate surface area is 127 Å². The van der Waals surface area contributed by atoms with Crippen LogP contribution in [-0.2, 0) is 4.74 Å². The first-order valence-corrected chi connectivity index (χ1v) is 7.85. The topological polar surface area (TPSA) is 50.7 Å². The van der Waals surface area contributed by atoms with Crippen molar-refractivity contribution in [2.24, 2.45) is 5.92 Å². The SMILES string of the molecule is COc1ccccc1NCC(O)COC1CCC(C)CC1. The molecule has 1 aromatic carbocycles. The van der Waals surface area contributed by atoms with Crippen molar-refractivity contribution in [2.75, 3.05) is 25.6 Å². The van der Waals surface area contributed by atoms with Gasteiger partial charge in [0.05, 0.1) is 31.6 Å². The third-order valence-electron chi connectivity index (χ3n) is 4.12. The summed E-state index contributed by atoms with van der Waals surface area (Å²) in [6.07, 6.45) is 4.53. The van der Waals surface area contributed by atoms with Crippen LogP contribution in [0.1, 0.15) is 32.6 Å². The van der Waals surface area contributed by atoms with Crippen LogP contribution in [0, 0.1) is 5.92 Å². The Morgan fingerprint density at radius 3 is 2.67 bits per heavy atom. The number of aliphatic hydroxyl groups excluding tert-OH is 1. The molecule has 1 fully saturated rings. The van der Waals surface area contributed by atoms with E-state index in [9.17, 15) is 5.11 Å². The zero-order valence-corrected chi connectivity index (χ0v) is 13.0. The molecule has 0 spiro atoms. The molecule has 21 heavy (non-hydrogen) atoms. The highest BCUT2D eigenvalue weighted by molar-refractivity contribution is 5.56. The molecule has 1 atom stereocenters. The van der Waals surface area contributed by atoms with Gasteiger partial charge in [-0.15, -0.1) is 0 Å². The van der Waals surface area contributed by atoms with Crippen LogP contribution in [0.5, 0.6) is 5.75 Å². The van der Waals surface area contributed by atoms with Crippen molar-refractivity contribution in [3.8, 4) is 5.75 Å². The zero-order valence-electron chi connectivity index (χ0n) is 13.0. The summed E-state index contributed by atoms with van der Waals surface area (Å²) in [5.74, 6) is 1.61. The minimum atomic E-state index is -0.505. The quantitative estimate of drug-likeness (QED) is 0.811. The molecule has 0 amide bonds. The number of hydrogen-bond donors (Lipinski definition) is 2. The molecule has 0 saturated heterocycles. The number of para-hydroxylation sites is 2. The van der Waals surface area contributed by atoms with E-state index in [-0.39, 0.29) is 0 Å². The number of aliphatic hydroxyl groups is 1. The smallest absolute Gasteiger partial charge is 0.141 e. The van der Waals surface area contributed by atoms with Crippen molar-refractivity contribution < 1.29 is 14.6 Å². The van der Waals surface area contributed by atoms with Crippen molar-refractivity contribution in [2.45, 2.75) is 44.8 Å². The minimum Gasteiger partial charge on any atom is -0.495 e. The average molecular weight is 293 g/mol. The van der Waals surface area contributed by atoms with Gasteiger partial charge in [-0.25, -0.2) is 0 Å². The van der Waals surface area contributed by atoms with Gasteiger partial charge >= 0.3 is 0 Å². The molecule has 1 unspecified atom stereocenters. The molecule has 4 nitrogen and oxygen atoms in total. The third kappa shape index (κ3) is 5.21. The second kappa shape index (κ2) is 8.25. The lowest BCUT2D eigenvalue weighted by Gasteiger charge is -2.27. The largest absolute Gasteiger partial charge is 0.495 e. The summed E-state index contributed by atoms with van der Waals surface area (Å²) in [6.45, 7) is 3.15. The molecule has 1 aliphatic rings. The summed E-state index contributed by atoms with van der Waals surface area (Å²) in [7, 11) is 1.64. The average Bonchev–Trinajstić information content (AvgIpc) is 2.52. The molecule has 4 heteroatoms. The first-order chi connectivity index (χ1) is 10.2. The lowest BCUT2D eigenvalue weighted by molar-refractivity contribution is -0.0245. The van der Waals surface area contributed by atoms with E-state index < -0.39 is 6.10 Å². The Hall–Kier alpha value is -1.26. The lowest BCUT2D eigenvalue weighted by atomic mass is 9.89. The van der Waals surface area contributed by atoms with Crippen molar-refractivity contribution >= 4 is 5.69 Å². The molecule has 2 rings (SSSR count). The predicted molar refractivity (Wildman–Crippen MR) is 84.9 cm³/mol. The standard InChI is InChI=1S/C17H27NO3/c1-13-7-9-15(10-8-13)21-12-14(19)11-18-16-5-3-4-6-17(16)20-2/h3-6,13-15,18-19H,7-12H2,1-2H3. The highest BCUT2D eigenvalue weighted by Crippen LogP contribution is 2.26. The first-order valence-electron chi connectivity index (χ1n) is 7.85. The Kier molecular flexibility index (Phi) is 6.33. The van der Waals surface area contributed by atoms with Crippen LogP contribution in [0.4, 0.5) is 5.69 Å². The van der Waals surface area contributed by atoms with Gasteiger partial charge in [-0.3, -0.25) is 0 Å². The molecule has 0 radical (unpaired) electrons. The molecule has 1 saturated carbocycles. The van der Waals surface area contributed by atoms with Crippen LogP contribution < -0.4 is 10.1 Å². The molecular weight excluding hydrogens is 266 g/mol. The lowest BCUT2D eigenvalue weighted by Crippen LogP contribution is -2.29. The molecule has 1 aromatic rings. The summed E-state index contributed by atoms with van der Waals surface area (Å²) in [6, 6.07) is 7.70. The van der Waals surface area contributed by atoms with Crippen molar-refractivity contribution in [1.82, 2.24) is 0 Å². The minimum absolute atomic E-state index is 0.321. The molecule has 0 aromatic heterocycles. The molecule has 1 aliphatic carbocycles. The fourth-order valence-electron chi connectivity index (χ4n) is 2.72. The van der Waals surface area contributed by atoms with Crippen molar-refractivity contribution in [3.05, 3.63) is 24.3 Å². The van der Waals surface area contributed by atoms with Crippen LogP contribution in [-0.4, -0.2) is 37.6 Å². The maximum Gasteiger partial charge on any atom is 0.141 e. The van der Waals surface area contributed by atoms with E-state index in [0.717, 1.165) is 30.2 Å². The summed E-state index contributed by atoms with van der Waals surface area (Å²) in [5, 5.41) is 13.2. The Balaban J connectivity index is 1.68. The van der Waals surface area contributed by atoms with Crippen molar-refractivity contribution in [1.29, 1.82) is 0 Å². The summed E-state index contributed by atoms with van der Waals surface area (Å²) in [4.78, 5) is 0. The number of benzene rings is 1. The number of ether oxygens (including phenoxy) is 2. The van der Waals surface area contributed by atoms with Gasteiger partial charge in [0.1, 0.15) is 5.75 Å². The number of methoxy groups -OCH3 is 1. The normalized spacial score (nSPS) is 23.6. The van der Waals surface area contributed by atoms with E-state index in [1.165, 1.54) is 12.8 Å². The van der Waals surface area contributed by atoms with E-state index in [4.69, 9.17) is 9.47 Å². The summed E-state index contributed by atoms with van der Waals surface area (Å²) in [5.41, 5.74) is 0.894. The fraction of sp³-hybridized carbons (Fsp3) is 0.647. The maximum absolute atomic E-state index is 10.0. The Bertz CT molecular complexity index is 416. The number of nitrogens with one attached hydrogen (secondary N) is 1. The molecule has 118 valence electrons. The van der Waals surface area contributed by atoms with Crippen LogP contribution in [0.2, 0.25) is 0 Å². The highest BCUT2D eigenvalue weighted by Gasteiger charge is 2.19. The monoisotopic (exact) mass is 293 g/mol. The molecule has 0 heterocycles. The molecule has 2 N–H and O–H groups in total. The number of anilines is 1. The number of rotatable bonds is 7. The predicted octanol–water partition coefficient (Wildman–Crippen LogP) is 3.06. The summed E-state index contributed by atoms with van der Waals surface area (Å²) >= 11 is 0. The van der Waals surface area contributed by atoms with Crippen LogP contribution in [0.25, 0.3) is 0 Å². The van der Waals surface area contributed by atoms with Gasteiger partial charge in [-0.1, -0.05) is 19.1 Å². The van der Waals surface area contributed by atoms with Gasteiger partial charge in [0.2, 0.25) is 0 Å². The summed E-state index contributed by atoms with van der Waals surface area (Å²) < 4.78 is 11.1. The maximum atomic E-state index is 10.0. The first kappa shape index (κ1) is 16.1. The Morgan fingerprint density at radius 1 is 1.24 bits per heavy atom.